The SMILES string of the molecule is CCOC(=O)c1n[nH]nc1-c1ccc(OCC)c2c1CCCC2. The minimum Gasteiger partial charge on any atom is -0.494 e. The molecule has 0 bridgehead atoms. The number of nitrogens with zero attached hydrogens (tertiary/aromatic N) is 2. The summed E-state index contributed by atoms with van der Waals surface area (Å²) in [5, 5.41) is 10.7. The number of carbonyl (C=O) groups excluding carboxylic acids is 1. The lowest BCUT2D eigenvalue weighted by Gasteiger charge is -2.22. The van der Waals surface area contributed by atoms with Crippen molar-refractivity contribution in [2.24, 2.45) is 0 Å². The third kappa shape index (κ3) is 2.93. The molecule has 0 radical (unpaired) electrons. The van der Waals surface area contributed by atoms with Gasteiger partial charge in [0.15, 0.2) is 5.69 Å². The summed E-state index contributed by atoms with van der Waals surface area (Å²) in [4.78, 5) is 12.1. The molecule has 6 heteroatoms. The fourth-order valence-corrected chi connectivity index (χ4v) is 3.11. The van der Waals surface area contributed by atoms with Gasteiger partial charge in [-0.05, 0) is 62.8 Å². The van der Waals surface area contributed by atoms with Crippen LogP contribution in [0.5, 0.6) is 5.75 Å². The van der Waals surface area contributed by atoms with E-state index in [0.29, 0.717) is 18.9 Å². The predicted molar refractivity (Wildman–Crippen MR) is 85.6 cm³/mol. The Hall–Kier alpha value is -2.37. The zero-order chi connectivity index (χ0) is 16.2. The molecule has 3 rings (SSSR count). The topological polar surface area (TPSA) is 77.1 Å². The van der Waals surface area contributed by atoms with Gasteiger partial charge >= 0.3 is 5.97 Å². The van der Waals surface area contributed by atoms with Crippen LogP contribution in [0, 0.1) is 0 Å². The Labute approximate surface area is 135 Å². The molecule has 0 fully saturated rings. The molecule has 0 unspecified atom stereocenters. The molecule has 0 amide bonds. The average Bonchev–Trinajstić information content (AvgIpc) is 3.05. The van der Waals surface area contributed by atoms with Crippen LogP contribution in [0.4, 0.5) is 0 Å². The minimum absolute atomic E-state index is 0.240. The lowest BCUT2D eigenvalue weighted by molar-refractivity contribution is 0.0520. The quantitative estimate of drug-likeness (QED) is 0.858. The van der Waals surface area contributed by atoms with E-state index in [2.05, 4.69) is 15.4 Å². The lowest BCUT2D eigenvalue weighted by Crippen LogP contribution is -2.10. The number of aromatic amines is 1. The number of carbonyl (C=O) groups is 1. The first-order chi connectivity index (χ1) is 11.3. The Kier molecular flexibility index (Phi) is 4.60. The minimum atomic E-state index is -0.449. The average molecular weight is 315 g/mol. The standard InChI is InChI=1S/C17H21N3O3/c1-3-22-14-10-9-13(11-7-5-6-8-12(11)14)15-16(19-20-18-15)17(21)23-4-2/h9-10H,3-8H2,1-2H3,(H,18,19,20). The van der Waals surface area contributed by atoms with Gasteiger partial charge < -0.3 is 9.47 Å². The van der Waals surface area contributed by atoms with Crippen molar-refractivity contribution >= 4 is 5.97 Å². The Morgan fingerprint density at radius 2 is 1.91 bits per heavy atom. The summed E-state index contributed by atoms with van der Waals surface area (Å²) in [6.07, 6.45) is 4.23. The molecule has 0 saturated heterocycles. The molecule has 0 atom stereocenters. The molecule has 0 spiro atoms. The zero-order valence-corrected chi connectivity index (χ0v) is 13.5. The van der Waals surface area contributed by atoms with Gasteiger partial charge in [-0.15, -0.1) is 5.10 Å². The van der Waals surface area contributed by atoms with Crippen molar-refractivity contribution in [1.29, 1.82) is 0 Å². The first-order valence-electron chi connectivity index (χ1n) is 8.12. The smallest absolute Gasteiger partial charge is 0.361 e. The molecule has 2 aromatic rings. The summed E-state index contributed by atoms with van der Waals surface area (Å²) >= 11 is 0. The second-order valence-corrected chi connectivity index (χ2v) is 5.45. The summed E-state index contributed by atoms with van der Waals surface area (Å²) < 4.78 is 10.8. The number of ether oxygens (including phenoxy) is 2. The molecular formula is C17H21N3O3. The van der Waals surface area contributed by atoms with E-state index >= 15 is 0 Å². The number of benzene rings is 1. The number of nitrogens with one attached hydrogen (secondary N) is 1. The maximum absolute atomic E-state index is 12.1. The van der Waals surface area contributed by atoms with Gasteiger partial charge in [0.2, 0.25) is 0 Å². The van der Waals surface area contributed by atoms with E-state index in [1.165, 1.54) is 11.1 Å². The van der Waals surface area contributed by atoms with E-state index in [9.17, 15) is 4.79 Å². The monoisotopic (exact) mass is 315 g/mol. The van der Waals surface area contributed by atoms with Gasteiger partial charge in [0.1, 0.15) is 11.4 Å². The second-order valence-electron chi connectivity index (χ2n) is 5.45. The summed E-state index contributed by atoms with van der Waals surface area (Å²) in [7, 11) is 0. The molecule has 1 aromatic carbocycles. The van der Waals surface area contributed by atoms with Crippen molar-refractivity contribution < 1.29 is 14.3 Å². The van der Waals surface area contributed by atoms with Gasteiger partial charge in [-0.25, -0.2) is 4.79 Å². The van der Waals surface area contributed by atoms with Crippen molar-refractivity contribution in [3.63, 3.8) is 0 Å². The summed E-state index contributed by atoms with van der Waals surface area (Å²) in [5.41, 5.74) is 4.18. The highest BCUT2D eigenvalue weighted by molar-refractivity contribution is 5.94. The van der Waals surface area contributed by atoms with Crippen LogP contribution in [0.15, 0.2) is 12.1 Å². The van der Waals surface area contributed by atoms with Crippen LogP contribution in [-0.2, 0) is 17.6 Å². The van der Waals surface area contributed by atoms with Crippen molar-refractivity contribution in [1.82, 2.24) is 15.4 Å². The van der Waals surface area contributed by atoms with E-state index in [0.717, 1.165) is 37.0 Å². The van der Waals surface area contributed by atoms with Crippen LogP contribution in [-0.4, -0.2) is 34.6 Å². The number of hydrogen-bond donors (Lipinski definition) is 1. The molecule has 1 heterocycles. The van der Waals surface area contributed by atoms with Crippen LogP contribution < -0.4 is 4.74 Å². The number of fused-ring (bicyclic) bond motifs is 1. The molecule has 1 aliphatic rings. The highest BCUT2D eigenvalue weighted by Gasteiger charge is 2.25. The van der Waals surface area contributed by atoms with E-state index < -0.39 is 5.97 Å². The fourth-order valence-electron chi connectivity index (χ4n) is 3.11. The predicted octanol–water partition coefficient (Wildman–Crippen LogP) is 2.93. The van der Waals surface area contributed by atoms with Crippen LogP contribution in [0.3, 0.4) is 0 Å². The van der Waals surface area contributed by atoms with E-state index in [-0.39, 0.29) is 5.69 Å². The van der Waals surface area contributed by atoms with Crippen molar-refractivity contribution in [2.45, 2.75) is 39.5 Å². The summed E-state index contributed by atoms with van der Waals surface area (Å²) in [6.45, 7) is 4.71. The van der Waals surface area contributed by atoms with Gasteiger partial charge in [0, 0.05) is 5.56 Å². The molecule has 6 nitrogen and oxygen atoms in total. The van der Waals surface area contributed by atoms with Crippen molar-refractivity contribution in [2.75, 3.05) is 13.2 Å². The maximum Gasteiger partial charge on any atom is 0.361 e. The Balaban J connectivity index is 2.08. The zero-order valence-electron chi connectivity index (χ0n) is 13.5. The first-order valence-corrected chi connectivity index (χ1v) is 8.12. The molecule has 1 aromatic heterocycles. The second kappa shape index (κ2) is 6.81. The van der Waals surface area contributed by atoms with Crippen LogP contribution in [0.1, 0.15) is 48.3 Å². The molecule has 0 saturated carbocycles. The largest absolute Gasteiger partial charge is 0.494 e. The number of aromatic nitrogens is 3. The first kappa shape index (κ1) is 15.5. The third-order valence-corrected chi connectivity index (χ3v) is 4.06. The van der Waals surface area contributed by atoms with Gasteiger partial charge in [-0.3, -0.25) is 0 Å². The molecule has 122 valence electrons. The number of esters is 1. The molecule has 1 N–H and O–H groups in total. The van der Waals surface area contributed by atoms with Crippen LogP contribution >= 0.6 is 0 Å². The highest BCUT2D eigenvalue weighted by atomic mass is 16.5. The normalized spacial score (nSPS) is 13.5. The van der Waals surface area contributed by atoms with Gasteiger partial charge in [-0.1, -0.05) is 0 Å². The van der Waals surface area contributed by atoms with Crippen LogP contribution in [0.2, 0.25) is 0 Å². The van der Waals surface area contributed by atoms with E-state index in [1.54, 1.807) is 6.92 Å². The molecule has 23 heavy (non-hydrogen) atoms. The number of H-pyrrole nitrogens is 1. The Morgan fingerprint density at radius 3 is 2.65 bits per heavy atom. The van der Waals surface area contributed by atoms with Gasteiger partial charge in [0.25, 0.3) is 0 Å². The van der Waals surface area contributed by atoms with Crippen molar-refractivity contribution in [3.8, 4) is 17.0 Å². The number of rotatable bonds is 5. The highest BCUT2D eigenvalue weighted by Crippen LogP contribution is 2.37. The molecule has 0 aliphatic heterocycles. The van der Waals surface area contributed by atoms with Crippen LogP contribution in [0.25, 0.3) is 11.3 Å². The lowest BCUT2D eigenvalue weighted by atomic mass is 9.86. The Morgan fingerprint density at radius 1 is 1.13 bits per heavy atom. The summed E-state index contributed by atoms with van der Waals surface area (Å²) in [6, 6.07) is 3.93. The number of hydrogen-bond acceptors (Lipinski definition) is 5. The van der Waals surface area contributed by atoms with E-state index in [4.69, 9.17) is 9.47 Å². The fraction of sp³-hybridized carbons (Fsp3) is 0.471. The molecule has 1 aliphatic carbocycles. The van der Waals surface area contributed by atoms with Gasteiger partial charge in [-0.2, -0.15) is 10.3 Å². The molecular weight excluding hydrogens is 294 g/mol. The Bertz CT molecular complexity index is 709. The third-order valence-electron chi connectivity index (χ3n) is 4.06. The maximum atomic E-state index is 12.1. The van der Waals surface area contributed by atoms with Gasteiger partial charge in [0.05, 0.1) is 13.2 Å². The van der Waals surface area contributed by atoms with E-state index in [1.807, 2.05) is 19.1 Å². The summed E-state index contributed by atoms with van der Waals surface area (Å²) in [5.74, 6) is 0.488. The van der Waals surface area contributed by atoms with Crippen molar-refractivity contribution in [3.05, 3.63) is 29.0 Å².